The number of benzene rings is 1. The van der Waals surface area contributed by atoms with Crippen LogP contribution in [-0.4, -0.2) is 11.0 Å². The Labute approximate surface area is 77.2 Å². The molecule has 0 aliphatic rings. The van der Waals surface area contributed by atoms with E-state index in [0.717, 1.165) is 5.56 Å². The summed E-state index contributed by atoms with van der Waals surface area (Å²) < 4.78 is 0. The van der Waals surface area contributed by atoms with Crippen LogP contribution in [0, 0.1) is 5.92 Å². The second-order valence-electron chi connectivity index (χ2n) is 3.18. The van der Waals surface area contributed by atoms with Crippen molar-refractivity contribution in [1.29, 1.82) is 0 Å². The molecule has 0 spiro atoms. The SMILES string of the molecule is C[C@H](Cc1cccc(O)c1)C(N)=O. The van der Waals surface area contributed by atoms with Gasteiger partial charge in [0.2, 0.25) is 5.91 Å². The number of hydrogen-bond donors (Lipinski definition) is 2. The summed E-state index contributed by atoms with van der Waals surface area (Å²) in [6, 6.07) is 6.84. The second-order valence-corrected chi connectivity index (χ2v) is 3.18. The molecule has 1 rings (SSSR count). The van der Waals surface area contributed by atoms with Crippen LogP contribution >= 0.6 is 0 Å². The fourth-order valence-electron chi connectivity index (χ4n) is 1.14. The average molecular weight is 179 g/mol. The van der Waals surface area contributed by atoms with Crippen LogP contribution in [0.3, 0.4) is 0 Å². The van der Waals surface area contributed by atoms with Crippen molar-refractivity contribution in [2.45, 2.75) is 13.3 Å². The number of nitrogens with two attached hydrogens (primary N) is 1. The van der Waals surface area contributed by atoms with E-state index in [1.807, 2.05) is 6.07 Å². The third-order valence-electron chi connectivity index (χ3n) is 1.94. The van der Waals surface area contributed by atoms with Gasteiger partial charge in [-0.3, -0.25) is 4.79 Å². The van der Waals surface area contributed by atoms with Crippen LogP contribution in [0.1, 0.15) is 12.5 Å². The number of aromatic hydroxyl groups is 1. The zero-order chi connectivity index (χ0) is 9.84. The van der Waals surface area contributed by atoms with Crippen LogP contribution in [0.5, 0.6) is 5.75 Å². The molecule has 0 saturated heterocycles. The van der Waals surface area contributed by atoms with E-state index in [4.69, 9.17) is 10.8 Å². The topological polar surface area (TPSA) is 63.3 Å². The lowest BCUT2D eigenvalue weighted by atomic mass is 10.0. The molecule has 0 aromatic heterocycles. The molecule has 1 aromatic carbocycles. The zero-order valence-electron chi connectivity index (χ0n) is 7.53. The fourth-order valence-corrected chi connectivity index (χ4v) is 1.14. The third kappa shape index (κ3) is 2.78. The highest BCUT2D eigenvalue weighted by molar-refractivity contribution is 5.76. The van der Waals surface area contributed by atoms with Gasteiger partial charge in [-0.15, -0.1) is 0 Å². The molecular formula is C10H13NO2. The van der Waals surface area contributed by atoms with Crippen LogP contribution in [0.2, 0.25) is 0 Å². The predicted molar refractivity (Wildman–Crippen MR) is 50.2 cm³/mol. The maximum atomic E-state index is 10.7. The molecule has 3 nitrogen and oxygen atoms in total. The summed E-state index contributed by atoms with van der Waals surface area (Å²) in [7, 11) is 0. The van der Waals surface area contributed by atoms with Crippen molar-refractivity contribution >= 4 is 5.91 Å². The summed E-state index contributed by atoms with van der Waals surface area (Å²) in [6.07, 6.45) is 0.573. The number of primary amides is 1. The van der Waals surface area contributed by atoms with Gasteiger partial charge in [-0.25, -0.2) is 0 Å². The first-order chi connectivity index (χ1) is 6.09. The van der Waals surface area contributed by atoms with Crippen molar-refractivity contribution < 1.29 is 9.90 Å². The molecule has 70 valence electrons. The normalized spacial score (nSPS) is 12.4. The first-order valence-electron chi connectivity index (χ1n) is 4.17. The molecule has 0 radical (unpaired) electrons. The number of carbonyl (C=O) groups excluding carboxylic acids is 1. The lowest BCUT2D eigenvalue weighted by Crippen LogP contribution is -2.22. The molecule has 0 heterocycles. The summed E-state index contributed by atoms with van der Waals surface area (Å²) in [6.45, 7) is 1.77. The van der Waals surface area contributed by atoms with E-state index >= 15 is 0 Å². The number of phenolic OH excluding ortho intramolecular Hbond substituents is 1. The molecule has 3 N–H and O–H groups in total. The molecule has 1 atom stereocenters. The summed E-state index contributed by atoms with van der Waals surface area (Å²) in [5, 5.41) is 9.15. The molecule has 0 bridgehead atoms. The lowest BCUT2D eigenvalue weighted by Gasteiger charge is -2.06. The molecule has 1 aromatic rings. The van der Waals surface area contributed by atoms with E-state index in [1.54, 1.807) is 25.1 Å². The maximum absolute atomic E-state index is 10.7. The second kappa shape index (κ2) is 3.94. The lowest BCUT2D eigenvalue weighted by molar-refractivity contribution is -0.121. The monoisotopic (exact) mass is 179 g/mol. The van der Waals surface area contributed by atoms with Gasteiger partial charge in [0.15, 0.2) is 0 Å². The Hall–Kier alpha value is -1.51. The average Bonchev–Trinajstić information content (AvgIpc) is 2.04. The Balaban J connectivity index is 2.69. The molecule has 0 aliphatic heterocycles. The van der Waals surface area contributed by atoms with Crippen molar-refractivity contribution in [3.05, 3.63) is 29.8 Å². The van der Waals surface area contributed by atoms with Crippen LogP contribution in [0.15, 0.2) is 24.3 Å². The minimum Gasteiger partial charge on any atom is -0.508 e. The zero-order valence-corrected chi connectivity index (χ0v) is 7.53. The smallest absolute Gasteiger partial charge is 0.220 e. The van der Waals surface area contributed by atoms with E-state index in [1.165, 1.54) is 0 Å². The molecule has 0 unspecified atom stereocenters. The van der Waals surface area contributed by atoms with Gasteiger partial charge in [0.1, 0.15) is 5.75 Å². The number of carbonyl (C=O) groups is 1. The standard InChI is InChI=1S/C10H13NO2/c1-7(10(11)13)5-8-3-2-4-9(12)6-8/h2-4,6-7,12H,5H2,1H3,(H2,11,13)/t7-/m1/s1. The molecule has 13 heavy (non-hydrogen) atoms. The summed E-state index contributed by atoms with van der Waals surface area (Å²) in [5.74, 6) is -0.292. The van der Waals surface area contributed by atoms with E-state index in [0.29, 0.717) is 6.42 Å². The maximum Gasteiger partial charge on any atom is 0.220 e. The van der Waals surface area contributed by atoms with E-state index in [2.05, 4.69) is 0 Å². The number of hydrogen-bond acceptors (Lipinski definition) is 2. The van der Waals surface area contributed by atoms with Gasteiger partial charge in [-0.05, 0) is 24.1 Å². The third-order valence-corrected chi connectivity index (χ3v) is 1.94. The van der Waals surface area contributed by atoms with Gasteiger partial charge >= 0.3 is 0 Å². The first-order valence-corrected chi connectivity index (χ1v) is 4.17. The van der Waals surface area contributed by atoms with Gasteiger partial charge in [0.05, 0.1) is 0 Å². The van der Waals surface area contributed by atoms with Crippen LogP contribution in [-0.2, 0) is 11.2 Å². The Morgan fingerprint density at radius 1 is 1.62 bits per heavy atom. The van der Waals surface area contributed by atoms with Crippen molar-refractivity contribution in [3.63, 3.8) is 0 Å². The van der Waals surface area contributed by atoms with Gasteiger partial charge in [-0.2, -0.15) is 0 Å². The van der Waals surface area contributed by atoms with Crippen molar-refractivity contribution in [3.8, 4) is 5.75 Å². The molecule has 0 saturated carbocycles. The molecule has 1 amide bonds. The molecular weight excluding hydrogens is 166 g/mol. The highest BCUT2D eigenvalue weighted by Gasteiger charge is 2.09. The van der Waals surface area contributed by atoms with Crippen LogP contribution in [0.4, 0.5) is 0 Å². The van der Waals surface area contributed by atoms with Gasteiger partial charge in [-0.1, -0.05) is 19.1 Å². The van der Waals surface area contributed by atoms with E-state index < -0.39 is 0 Å². The van der Waals surface area contributed by atoms with Crippen LogP contribution in [0.25, 0.3) is 0 Å². The minimum absolute atomic E-state index is 0.193. The Bertz CT molecular complexity index is 310. The largest absolute Gasteiger partial charge is 0.508 e. The van der Waals surface area contributed by atoms with E-state index in [-0.39, 0.29) is 17.6 Å². The quantitative estimate of drug-likeness (QED) is 0.728. The van der Waals surface area contributed by atoms with Crippen molar-refractivity contribution in [2.75, 3.05) is 0 Å². The summed E-state index contributed by atoms with van der Waals surface area (Å²) >= 11 is 0. The Morgan fingerprint density at radius 3 is 2.85 bits per heavy atom. The highest BCUT2D eigenvalue weighted by atomic mass is 16.3. The first kappa shape index (κ1) is 9.58. The number of rotatable bonds is 3. The van der Waals surface area contributed by atoms with Gasteiger partial charge in [0.25, 0.3) is 0 Å². The van der Waals surface area contributed by atoms with Gasteiger partial charge in [0, 0.05) is 5.92 Å². The molecule has 0 aliphatic carbocycles. The fraction of sp³-hybridized carbons (Fsp3) is 0.300. The minimum atomic E-state index is -0.316. The van der Waals surface area contributed by atoms with Crippen molar-refractivity contribution in [1.82, 2.24) is 0 Å². The predicted octanol–water partition coefficient (Wildman–Crippen LogP) is 1.06. The Kier molecular flexibility index (Phi) is 2.90. The van der Waals surface area contributed by atoms with Gasteiger partial charge < -0.3 is 10.8 Å². The molecule has 3 heteroatoms. The summed E-state index contributed by atoms with van der Waals surface area (Å²) in [5.41, 5.74) is 6.04. The van der Waals surface area contributed by atoms with Crippen LogP contribution < -0.4 is 5.73 Å². The van der Waals surface area contributed by atoms with Crippen molar-refractivity contribution in [2.24, 2.45) is 11.7 Å². The summed E-state index contributed by atoms with van der Waals surface area (Å²) in [4.78, 5) is 10.7. The Morgan fingerprint density at radius 2 is 2.31 bits per heavy atom. The number of amides is 1. The number of phenols is 1. The molecule has 0 fully saturated rings. The van der Waals surface area contributed by atoms with E-state index in [9.17, 15) is 4.79 Å². The highest BCUT2D eigenvalue weighted by Crippen LogP contribution is 2.14.